The van der Waals surface area contributed by atoms with Crippen LogP contribution in [0.5, 0.6) is 0 Å². The molecule has 3 atom stereocenters. The van der Waals surface area contributed by atoms with Gasteiger partial charge in [-0.1, -0.05) is 0 Å². The van der Waals surface area contributed by atoms with E-state index in [9.17, 15) is 5.11 Å². The van der Waals surface area contributed by atoms with Gasteiger partial charge in [-0.05, 0) is 26.2 Å². The lowest BCUT2D eigenvalue weighted by Crippen LogP contribution is -2.49. The van der Waals surface area contributed by atoms with Crippen molar-refractivity contribution in [3.05, 3.63) is 0 Å². The van der Waals surface area contributed by atoms with E-state index in [0.29, 0.717) is 12.1 Å². The lowest BCUT2D eigenvalue weighted by Gasteiger charge is -2.39. The third-order valence-corrected chi connectivity index (χ3v) is 4.48. The van der Waals surface area contributed by atoms with E-state index in [1.807, 2.05) is 11.8 Å². The average molecular weight is 201 g/mol. The first-order valence-electron chi connectivity index (χ1n) is 5.30. The zero-order valence-corrected chi connectivity index (χ0v) is 9.09. The molecular weight excluding hydrogens is 182 g/mol. The fourth-order valence-corrected chi connectivity index (χ4v) is 3.58. The summed E-state index contributed by atoms with van der Waals surface area (Å²) in [7, 11) is 0. The lowest BCUT2D eigenvalue weighted by atomic mass is 10.1. The Kier molecular flexibility index (Phi) is 3.17. The number of rotatable bonds is 1. The van der Waals surface area contributed by atoms with E-state index in [2.05, 4.69) is 11.8 Å². The molecule has 1 aliphatic carbocycles. The highest BCUT2D eigenvalue weighted by atomic mass is 32.2. The van der Waals surface area contributed by atoms with Crippen LogP contribution in [0.25, 0.3) is 0 Å². The second kappa shape index (κ2) is 4.20. The van der Waals surface area contributed by atoms with Crippen molar-refractivity contribution in [3.63, 3.8) is 0 Å². The summed E-state index contributed by atoms with van der Waals surface area (Å²) in [5, 5.41) is 9.81. The Bertz CT molecular complexity index is 176. The third-order valence-electron chi connectivity index (χ3n) is 3.29. The second-order valence-electron chi connectivity index (χ2n) is 4.23. The van der Waals surface area contributed by atoms with Crippen LogP contribution in [0.1, 0.15) is 26.2 Å². The van der Waals surface area contributed by atoms with Crippen LogP contribution >= 0.6 is 11.8 Å². The van der Waals surface area contributed by atoms with Crippen LogP contribution in [-0.2, 0) is 0 Å². The number of aliphatic hydroxyl groups is 1. The molecule has 1 saturated carbocycles. The maximum atomic E-state index is 9.81. The molecule has 0 bridgehead atoms. The van der Waals surface area contributed by atoms with Crippen molar-refractivity contribution >= 4 is 11.8 Å². The summed E-state index contributed by atoms with van der Waals surface area (Å²) >= 11 is 2.04. The van der Waals surface area contributed by atoms with Gasteiger partial charge in [-0.2, -0.15) is 11.8 Å². The Morgan fingerprint density at radius 2 is 2.23 bits per heavy atom. The van der Waals surface area contributed by atoms with Crippen molar-refractivity contribution in [3.8, 4) is 0 Å². The summed E-state index contributed by atoms with van der Waals surface area (Å²) in [5.74, 6) is 2.48. The van der Waals surface area contributed by atoms with Crippen molar-refractivity contribution in [2.75, 3.05) is 18.1 Å². The van der Waals surface area contributed by atoms with Gasteiger partial charge in [0.15, 0.2) is 0 Å². The highest BCUT2D eigenvalue weighted by molar-refractivity contribution is 7.99. The van der Waals surface area contributed by atoms with E-state index in [0.717, 1.165) is 6.42 Å². The van der Waals surface area contributed by atoms with E-state index in [-0.39, 0.29) is 6.10 Å². The van der Waals surface area contributed by atoms with Gasteiger partial charge in [0.1, 0.15) is 0 Å². The highest BCUT2D eigenvalue weighted by Crippen LogP contribution is 2.28. The number of nitrogens with zero attached hydrogens (tertiary/aromatic N) is 1. The van der Waals surface area contributed by atoms with Crippen molar-refractivity contribution in [2.24, 2.45) is 0 Å². The van der Waals surface area contributed by atoms with E-state index in [1.165, 1.54) is 30.9 Å². The summed E-state index contributed by atoms with van der Waals surface area (Å²) in [6.07, 6.45) is 3.38. The van der Waals surface area contributed by atoms with E-state index in [1.54, 1.807) is 0 Å². The minimum Gasteiger partial charge on any atom is -0.391 e. The molecule has 1 saturated heterocycles. The zero-order valence-electron chi connectivity index (χ0n) is 8.28. The zero-order chi connectivity index (χ0) is 9.26. The first kappa shape index (κ1) is 9.81. The molecule has 0 amide bonds. The van der Waals surface area contributed by atoms with Crippen molar-refractivity contribution in [1.82, 2.24) is 4.90 Å². The topological polar surface area (TPSA) is 23.5 Å². The Morgan fingerprint density at radius 3 is 2.85 bits per heavy atom. The minimum absolute atomic E-state index is 0.0504. The fraction of sp³-hybridized carbons (Fsp3) is 1.00. The molecule has 0 aromatic heterocycles. The molecule has 2 fully saturated rings. The van der Waals surface area contributed by atoms with Crippen LogP contribution < -0.4 is 0 Å². The van der Waals surface area contributed by atoms with E-state index in [4.69, 9.17) is 0 Å². The third kappa shape index (κ3) is 2.03. The van der Waals surface area contributed by atoms with Crippen molar-refractivity contribution in [2.45, 2.75) is 44.4 Å². The molecule has 1 heterocycles. The molecule has 0 aromatic rings. The monoisotopic (exact) mass is 201 g/mol. The predicted octanol–water partition coefficient (Wildman–Crippen LogP) is 1.34. The molecule has 2 nitrogen and oxygen atoms in total. The molecule has 2 rings (SSSR count). The van der Waals surface area contributed by atoms with Crippen LogP contribution in [0.3, 0.4) is 0 Å². The first-order valence-corrected chi connectivity index (χ1v) is 6.46. The van der Waals surface area contributed by atoms with Gasteiger partial charge in [-0.15, -0.1) is 0 Å². The van der Waals surface area contributed by atoms with E-state index >= 15 is 0 Å². The summed E-state index contributed by atoms with van der Waals surface area (Å²) in [6, 6.07) is 1.13. The minimum atomic E-state index is -0.0504. The molecular formula is C10H19NOS. The van der Waals surface area contributed by atoms with Crippen LogP contribution in [-0.4, -0.2) is 46.2 Å². The molecule has 1 aliphatic heterocycles. The second-order valence-corrected chi connectivity index (χ2v) is 5.38. The van der Waals surface area contributed by atoms with Crippen molar-refractivity contribution in [1.29, 1.82) is 0 Å². The molecule has 0 radical (unpaired) electrons. The molecule has 1 N–H and O–H groups in total. The van der Waals surface area contributed by atoms with E-state index < -0.39 is 0 Å². The van der Waals surface area contributed by atoms with Gasteiger partial charge in [0, 0.05) is 30.1 Å². The number of hydrogen-bond donors (Lipinski definition) is 1. The van der Waals surface area contributed by atoms with Gasteiger partial charge in [0.2, 0.25) is 0 Å². The largest absolute Gasteiger partial charge is 0.391 e. The Hall–Kier alpha value is 0.270. The van der Waals surface area contributed by atoms with Gasteiger partial charge < -0.3 is 5.11 Å². The van der Waals surface area contributed by atoms with Crippen LogP contribution in [0.4, 0.5) is 0 Å². The quantitative estimate of drug-likeness (QED) is 0.692. The molecule has 0 spiro atoms. The Morgan fingerprint density at radius 1 is 1.38 bits per heavy atom. The summed E-state index contributed by atoms with van der Waals surface area (Å²) in [6.45, 7) is 3.46. The maximum absolute atomic E-state index is 9.81. The standard InChI is InChI=1S/C10H19NOS/c1-8-7-13-6-5-11(8)9-3-2-4-10(9)12/h8-10,12H,2-7H2,1H3/t8?,9-,10-/m1/s1. The average Bonchev–Trinajstić information content (AvgIpc) is 2.52. The van der Waals surface area contributed by atoms with Gasteiger partial charge in [-0.25, -0.2) is 0 Å². The smallest absolute Gasteiger partial charge is 0.0695 e. The summed E-state index contributed by atoms with van der Waals surface area (Å²) < 4.78 is 0. The predicted molar refractivity (Wildman–Crippen MR) is 57.1 cm³/mol. The maximum Gasteiger partial charge on any atom is 0.0695 e. The van der Waals surface area contributed by atoms with Crippen LogP contribution in [0, 0.1) is 0 Å². The summed E-state index contributed by atoms with van der Waals surface area (Å²) in [4.78, 5) is 2.52. The molecule has 13 heavy (non-hydrogen) atoms. The fourth-order valence-electron chi connectivity index (χ4n) is 2.54. The van der Waals surface area contributed by atoms with Gasteiger partial charge in [0.05, 0.1) is 6.10 Å². The lowest BCUT2D eigenvalue weighted by molar-refractivity contribution is 0.0554. The Labute approximate surface area is 84.7 Å². The van der Waals surface area contributed by atoms with Gasteiger partial charge in [-0.3, -0.25) is 4.90 Å². The number of hydrogen-bond acceptors (Lipinski definition) is 3. The van der Waals surface area contributed by atoms with Gasteiger partial charge in [0.25, 0.3) is 0 Å². The molecule has 76 valence electrons. The Balaban J connectivity index is 1.97. The molecule has 1 unspecified atom stereocenters. The number of aliphatic hydroxyl groups excluding tert-OH is 1. The molecule has 0 aromatic carbocycles. The van der Waals surface area contributed by atoms with Gasteiger partial charge >= 0.3 is 0 Å². The molecule has 3 heteroatoms. The van der Waals surface area contributed by atoms with Crippen LogP contribution in [0.2, 0.25) is 0 Å². The molecule has 2 aliphatic rings. The SMILES string of the molecule is CC1CSCCN1[C@@H]1CCC[C@H]1O. The normalized spacial score (nSPS) is 42.5. The number of thioether (sulfide) groups is 1. The van der Waals surface area contributed by atoms with Crippen LogP contribution in [0.15, 0.2) is 0 Å². The summed E-state index contributed by atoms with van der Waals surface area (Å²) in [5.41, 5.74) is 0. The van der Waals surface area contributed by atoms with Crippen molar-refractivity contribution < 1.29 is 5.11 Å². The first-order chi connectivity index (χ1) is 6.29. The highest BCUT2D eigenvalue weighted by Gasteiger charge is 2.34.